The Morgan fingerprint density at radius 2 is 2.18 bits per heavy atom. The third kappa shape index (κ3) is 3.49. The first-order valence-corrected chi connectivity index (χ1v) is 6.88. The van der Waals surface area contributed by atoms with Gasteiger partial charge in [0, 0.05) is 11.6 Å². The molecule has 0 heterocycles. The van der Waals surface area contributed by atoms with Gasteiger partial charge in [-0.05, 0) is 25.1 Å². The van der Waals surface area contributed by atoms with Crippen molar-refractivity contribution in [1.29, 1.82) is 0 Å². The number of nitrogens with two attached hydrogens (primary N) is 1. The number of benzene rings is 1. The van der Waals surface area contributed by atoms with Crippen LogP contribution in [0.1, 0.15) is 6.92 Å². The largest absolute Gasteiger partial charge is 0.495 e. The van der Waals surface area contributed by atoms with Crippen LogP contribution >= 0.6 is 11.6 Å². The molecule has 0 radical (unpaired) electrons. The highest BCUT2D eigenvalue weighted by Crippen LogP contribution is 2.28. The Morgan fingerprint density at radius 3 is 2.71 bits per heavy atom. The highest BCUT2D eigenvalue weighted by Gasteiger charge is 2.20. The van der Waals surface area contributed by atoms with Crippen LogP contribution in [0, 0.1) is 0 Å². The molecule has 17 heavy (non-hydrogen) atoms. The SMILES string of the molecule is COc1ccc(Cl)cc1NS(=O)(=O)C(C)CN. The van der Waals surface area contributed by atoms with Gasteiger partial charge in [-0.1, -0.05) is 11.6 Å². The molecule has 0 amide bonds. The van der Waals surface area contributed by atoms with Gasteiger partial charge in [0.1, 0.15) is 5.75 Å². The van der Waals surface area contributed by atoms with Gasteiger partial charge in [-0.2, -0.15) is 0 Å². The highest BCUT2D eigenvalue weighted by molar-refractivity contribution is 7.93. The van der Waals surface area contributed by atoms with Gasteiger partial charge in [-0.3, -0.25) is 4.72 Å². The van der Waals surface area contributed by atoms with Crippen LogP contribution < -0.4 is 15.2 Å². The number of anilines is 1. The minimum atomic E-state index is -3.53. The Morgan fingerprint density at radius 1 is 1.53 bits per heavy atom. The van der Waals surface area contributed by atoms with Gasteiger partial charge in [0.15, 0.2) is 0 Å². The van der Waals surface area contributed by atoms with Gasteiger partial charge in [0.25, 0.3) is 0 Å². The van der Waals surface area contributed by atoms with E-state index < -0.39 is 15.3 Å². The summed E-state index contributed by atoms with van der Waals surface area (Å²) in [5.74, 6) is 0.405. The van der Waals surface area contributed by atoms with E-state index in [1.54, 1.807) is 12.1 Å². The molecule has 0 spiro atoms. The number of ether oxygens (including phenoxy) is 1. The average molecular weight is 279 g/mol. The smallest absolute Gasteiger partial charge is 0.236 e. The summed E-state index contributed by atoms with van der Waals surface area (Å²) in [7, 11) is -2.07. The van der Waals surface area contributed by atoms with E-state index in [2.05, 4.69) is 4.72 Å². The van der Waals surface area contributed by atoms with Crippen molar-refractivity contribution in [3.05, 3.63) is 23.2 Å². The predicted molar refractivity (Wildman–Crippen MR) is 69.1 cm³/mol. The number of hydrogen-bond acceptors (Lipinski definition) is 4. The zero-order chi connectivity index (χ0) is 13.1. The summed E-state index contributed by atoms with van der Waals surface area (Å²) in [6.07, 6.45) is 0. The Kier molecular flexibility index (Phi) is 4.62. The molecule has 7 heteroatoms. The molecule has 0 fully saturated rings. The van der Waals surface area contributed by atoms with Gasteiger partial charge in [-0.25, -0.2) is 8.42 Å². The summed E-state index contributed by atoms with van der Waals surface area (Å²) in [4.78, 5) is 0. The van der Waals surface area contributed by atoms with Crippen LogP contribution in [0.3, 0.4) is 0 Å². The molecule has 1 rings (SSSR count). The molecule has 0 aliphatic carbocycles. The number of methoxy groups -OCH3 is 1. The van der Waals surface area contributed by atoms with Crippen LogP contribution in [0.4, 0.5) is 5.69 Å². The monoisotopic (exact) mass is 278 g/mol. The lowest BCUT2D eigenvalue weighted by molar-refractivity contribution is 0.417. The maximum absolute atomic E-state index is 11.8. The number of halogens is 1. The van der Waals surface area contributed by atoms with E-state index in [0.29, 0.717) is 16.5 Å². The maximum Gasteiger partial charge on any atom is 0.236 e. The van der Waals surface area contributed by atoms with Gasteiger partial charge < -0.3 is 10.5 Å². The maximum atomic E-state index is 11.8. The van der Waals surface area contributed by atoms with Crippen molar-refractivity contribution in [2.24, 2.45) is 5.73 Å². The van der Waals surface area contributed by atoms with Crippen molar-refractivity contribution in [3.63, 3.8) is 0 Å². The second-order valence-electron chi connectivity index (χ2n) is 3.54. The minimum absolute atomic E-state index is 0.0399. The van der Waals surface area contributed by atoms with Crippen molar-refractivity contribution in [2.45, 2.75) is 12.2 Å². The molecule has 0 aliphatic rings. The number of sulfonamides is 1. The Bertz CT molecular complexity index is 490. The third-order valence-electron chi connectivity index (χ3n) is 2.28. The van der Waals surface area contributed by atoms with E-state index >= 15 is 0 Å². The first kappa shape index (κ1) is 14.1. The fraction of sp³-hybridized carbons (Fsp3) is 0.400. The lowest BCUT2D eigenvalue weighted by atomic mass is 10.3. The van der Waals surface area contributed by atoms with Crippen molar-refractivity contribution >= 4 is 27.3 Å². The second kappa shape index (κ2) is 5.57. The topological polar surface area (TPSA) is 81.4 Å². The second-order valence-corrected chi connectivity index (χ2v) is 6.07. The summed E-state index contributed by atoms with van der Waals surface area (Å²) >= 11 is 5.80. The van der Waals surface area contributed by atoms with Gasteiger partial charge >= 0.3 is 0 Å². The summed E-state index contributed by atoms with van der Waals surface area (Å²) in [6, 6.07) is 4.69. The van der Waals surface area contributed by atoms with Crippen molar-refractivity contribution in [1.82, 2.24) is 0 Å². The predicted octanol–water partition coefficient (Wildman–Crippen LogP) is 1.44. The summed E-state index contributed by atoms with van der Waals surface area (Å²) < 4.78 is 31.1. The minimum Gasteiger partial charge on any atom is -0.495 e. The van der Waals surface area contributed by atoms with E-state index in [0.717, 1.165) is 0 Å². The first-order valence-electron chi connectivity index (χ1n) is 4.96. The molecule has 0 aliphatic heterocycles. The molecular formula is C10H15ClN2O3S. The lowest BCUT2D eigenvalue weighted by Crippen LogP contribution is -2.31. The van der Waals surface area contributed by atoms with Crippen LogP contribution in [0.5, 0.6) is 5.75 Å². The zero-order valence-corrected chi connectivity index (χ0v) is 11.2. The molecule has 3 N–H and O–H groups in total. The fourth-order valence-corrected chi connectivity index (χ4v) is 2.23. The highest BCUT2D eigenvalue weighted by atomic mass is 35.5. The van der Waals surface area contributed by atoms with E-state index in [4.69, 9.17) is 22.1 Å². The number of rotatable bonds is 5. The molecule has 0 saturated carbocycles. The van der Waals surface area contributed by atoms with Crippen molar-refractivity contribution in [3.8, 4) is 5.75 Å². The molecular weight excluding hydrogens is 264 g/mol. The van der Waals surface area contributed by atoms with Crippen LogP contribution in [0.2, 0.25) is 5.02 Å². The lowest BCUT2D eigenvalue weighted by Gasteiger charge is -2.15. The van der Waals surface area contributed by atoms with Crippen LogP contribution in [0.15, 0.2) is 18.2 Å². The normalized spacial score (nSPS) is 13.2. The van der Waals surface area contributed by atoms with Crippen molar-refractivity contribution in [2.75, 3.05) is 18.4 Å². The molecule has 1 aromatic rings. The van der Waals surface area contributed by atoms with Gasteiger partial charge in [0.2, 0.25) is 10.0 Å². The van der Waals surface area contributed by atoms with E-state index in [-0.39, 0.29) is 6.54 Å². The Labute approximate surface area is 106 Å². The van der Waals surface area contributed by atoms with E-state index in [1.165, 1.54) is 20.1 Å². The molecule has 1 atom stereocenters. The van der Waals surface area contributed by atoms with Crippen LogP contribution in [-0.4, -0.2) is 27.3 Å². The van der Waals surface area contributed by atoms with Gasteiger partial charge in [0.05, 0.1) is 18.0 Å². The van der Waals surface area contributed by atoms with Crippen LogP contribution in [-0.2, 0) is 10.0 Å². The molecule has 1 aromatic carbocycles. The summed E-state index contributed by atoms with van der Waals surface area (Å²) in [5.41, 5.74) is 5.64. The Balaban J connectivity index is 3.06. The number of hydrogen-bond donors (Lipinski definition) is 2. The van der Waals surface area contributed by atoms with Gasteiger partial charge in [-0.15, -0.1) is 0 Å². The first-order chi connectivity index (χ1) is 7.90. The van der Waals surface area contributed by atoms with E-state index in [9.17, 15) is 8.42 Å². The molecule has 1 unspecified atom stereocenters. The Hall–Kier alpha value is -0.980. The summed E-state index contributed by atoms with van der Waals surface area (Å²) in [6.45, 7) is 1.57. The number of nitrogens with one attached hydrogen (secondary N) is 1. The molecule has 5 nitrogen and oxygen atoms in total. The summed E-state index contributed by atoms with van der Waals surface area (Å²) in [5, 5.41) is -0.268. The van der Waals surface area contributed by atoms with E-state index in [1.807, 2.05) is 0 Å². The van der Waals surface area contributed by atoms with Crippen LogP contribution in [0.25, 0.3) is 0 Å². The quantitative estimate of drug-likeness (QED) is 0.854. The molecule has 0 bridgehead atoms. The molecule has 0 saturated heterocycles. The molecule has 96 valence electrons. The fourth-order valence-electron chi connectivity index (χ4n) is 1.14. The third-order valence-corrected chi connectivity index (χ3v) is 4.27. The van der Waals surface area contributed by atoms with Crippen molar-refractivity contribution < 1.29 is 13.2 Å². The molecule has 0 aromatic heterocycles. The standard InChI is InChI=1S/C10H15ClN2O3S/c1-7(6-12)17(14,15)13-9-5-8(11)3-4-10(9)16-2/h3-5,7,13H,6,12H2,1-2H3. The zero-order valence-electron chi connectivity index (χ0n) is 9.60. The average Bonchev–Trinajstić information content (AvgIpc) is 2.27.